The van der Waals surface area contributed by atoms with Crippen LogP contribution in [0.15, 0.2) is 48.2 Å². The van der Waals surface area contributed by atoms with E-state index in [1.165, 1.54) is 0 Å². The predicted molar refractivity (Wildman–Crippen MR) is 81.7 cm³/mol. The topological polar surface area (TPSA) is 35.5 Å². The average molecular weight is 280 g/mol. The van der Waals surface area contributed by atoms with Crippen LogP contribution in [0, 0.1) is 6.92 Å². The molecule has 3 rings (SSSR count). The second kappa shape index (κ2) is 5.44. The van der Waals surface area contributed by atoms with Gasteiger partial charge in [-0.15, -0.1) is 0 Å². The van der Waals surface area contributed by atoms with Crippen LogP contribution in [0.2, 0.25) is 0 Å². The summed E-state index contributed by atoms with van der Waals surface area (Å²) in [6.07, 6.45) is 1.79. The lowest BCUT2D eigenvalue weighted by Gasteiger charge is -2.04. The molecule has 3 heteroatoms. The molecule has 2 aromatic rings. The second-order valence-corrected chi connectivity index (χ2v) is 4.89. The zero-order chi connectivity index (χ0) is 14.8. The largest absolute Gasteiger partial charge is 0.494 e. The van der Waals surface area contributed by atoms with Gasteiger partial charge in [-0.25, -0.2) is 0 Å². The van der Waals surface area contributed by atoms with Gasteiger partial charge in [0.25, 0.3) is 0 Å². The van der Waals surface area contributed by atoms with Gasteiger partial charge in [0.1, 0.15) is 11.5 Å². The molecule has 1 aliphatic heterocycles. The highest BCUT2D eigenvalue weighted by Crippen LogP contribution is 2.35. The molecule has 0 fully saturated rings. The Morgan fingerprint density at radius 2 is 2.00 bits per heavy atom. The Bertz CT molecular complexity index is 729. The number of aryl methyl sites for hydroxylation is 1. The van der Waals surface area contributed by atoms with Crippen molar-refractivity contribution in [3.8, 4) is 11.5 Å². The van der Waals surface area contributed by atoms with Crippen LogP contribution in [-0.2, 0) is 0 Å². The van der Waals surface area contributed by atoms with Crippen LogP contribution in [0.1, 0.15) is 28.4 Å². The third kappa shape index (κ3) is 2.55. The predicted octanol–water partition coefficient (Wildman–Crippen LogP) is 4.01. The number of rotatable bonds is 3. The average Bonchev–Trinajstić information content (AvgIpc) is 2.78. The van der Waals surface area contributed by atoms with E-state index >= 15 is 0 Å². The van der Waals surface area contributed by atoms with Crippen LogP contribution < -0.4 is 9.47 Å². The third-order valence-electron chi connectivity index (χ3n) is 3.43. The Labute approximate surface area is 123 Å². The first-order valence-electron chi connectivity index (χ1n) is 6.96. The fourth-order valence-corrected chi connectivity index (χ4v) is 2.31. The fourth-order valence-electron chi connectivity index (χ4n) is 2.31. The molecule has 0 unspecified atom stereocenters. The summed E-state index contributed by atoms with van der Waals surface area (Å²) in [7, 11) is 0. The van der Waals surface area contributed by atoms with Crippen LogP contribution in [0.25, 0.3) is 6.08 Å². The Morgan fingerprint density at radius 3 is 2.76 bits per heavy atom. The van der Waals surface area contributed by atoms with Crippen molar-refractivity contribution in [3.05, 3.63) is 64.9 Å². The maximum absolute atomic E-state index is 12.3. The molecular formula is C18H16O3. The van der Waals surface area contributed by atoms with Gasteiger partial charge >= 0.3 is 0 Å². The van der Waals surface area contributed by atoms with Crippen molar-refractivity contribution in [3.63, 3.8) is 0 Å². The molecule has 0 N–H and O–H groups in total. The van der Waals surface area contributed by atoms with Gasteiger partial charge < -0.3 is 9.47 Å². The standard InChI is InChI=1S/C18H16O3/c1-3-20-14-8-9-15-16(11-14)21-17(18(15)19)10-13-7-5-4-6-12(13)2/h4-11H,3H2,1-2H3/b17-10+. The van der Waals surface area contributed by atoms with Gasteiger partial charge in [0.05, 0.1) is 12.2 Å². The Kier molecular flexibility index (Phi) is 3.48. The van der Waals surface area contributed by atoms with Crippen molar-refractivity contribution in [2.45, 2.75) is 13.8 Å². The number of carbonyl (C=O) groups is 1. The first kappa shape index (κ1) is 13.4. The lowest BCUT2D eigenvalue weighted by Crippen LogP contribution is -1.98. The molecule has 0 amide bonds. The molecule has 0 atom stereocenters. The second-order valence-electron chi connectivity index (χ2n) is 4.89. The van der Waals surface area contributed by atoms with Gasteiger partial charge in [0.15, 0.2) is 5.76 Å². The summed E-state index contributed by atoms with van der Waals surface area (Å²) in [5.74, 6) is 1.54. The summed E-state index contributed by atoms with van der Waals surface area (Å²) in [6.45, 7) is 4.51. The number of hydrogen-bond acceptors (Lipinski definition) is 3. The fraction of sp³-hybridized carbons (Fsp3) is 0.167. The van der Waals surface area contributed by atoms with E-state index in [1.807, 2.05) is 38.1 Å². The van der Waals surface area contributed by atoms with Gasteiger partial charge in [-0.05, 0) is 43.2 Å². The summed E-state index contributed by atoms with van der Waals surface area (Å²) in [5.41, 5.74) is 2.67. The van der Waals surface area contributed by atoms with Crippen molar-refractivity contribution in [1.82, 2.24) is 0 Å². The highest BCUT2D eigenvalue weighted by molar-refractivity contribution is 6.14. The molecule has 0 radical (unpaired) electrons. The maximum atomic E-state index is 12.3. The van der Waals surface area contributed by atoms with Crippen molar-refractivity contribution in [2.24, 2.45) is 0 Å². The molecule has 0 aliphatic carbocycles. The summed E-state index contributed by atoms with van der Waals surface area (Å²) in [5, 5.41) is 0. The van der Waals surface area contributed by atoms with E-state index in [2.05, 4.69) is 0 Å². The van der Waals surface area contributed by atoms with Crippen molar-refractivity contribution >= 4 is 11.9 Å². The smallest absolute Gasteiger partial charge is 0.231 e. The molecule has 0 saturated heterocycles. The van der Waals surface area contributed by atoms with E-state index in [0.717, 1.165) is 11.1 Å². The third-order valence-corrected chi connectivity index (χ3v) is 3.43. The van der Waals surface area contributed by atoms with Gasteiger partial charge in [-0.2, -0.15) is 0 Å². The molecule has 1 heterocycles. The highest BCUT2D eigenvalue weighted by atomic mass is 16.5. The van der Waals surface area contributed by atoms with E-state index in [1.54, 1.807) is 24.3 Å². The molecular weight excluding hydrogens is 264 g/mol. The quantitative estimate of drug-likeness (QED) is 0.797. The van der Waals surface area contributed by atoms with Gasteiger partial charge in [0.2, 0.25) is 5.78 Å². The van der Waals surface area contributed by atoms with Crippen molar-refractivity contribution in [1.29, 1.82) is 0 Å². The Morgan fingerprint density at radius 1 is 1.19 bits per heavy atom. The zero-order valence-corrected chi connectivity index (χ0v) is 12.1. The zero-order valence-electron chi connectivity index (χ0n) is 12.1. The van der Waals surface area contributed by atoms with Crippen molar-refractivity contribution < 1.29 is 14.3 Å². The minimum absolute atomic E-state index is 0.0868. The first-order valence-corrected chi connectivity index (χ1v) is 6.96. The molecule has 3 nitrogen and oxygen atoms in total. The van der Waals surface area contributed by atoms with Crippen LogP contribution in [0.5, 0.6) is 11.5 Å². The SMILES string of the molecule is CCOc1ccc2c(c1)O/C(=C/c1ccccc1C)C2=O. The van der Waals surface area contributed by atoms with E-state index in [-0.39, 0.29) is 5.78 Å². The minimum atomic E-state index is -0.0868. The number of hydrogen-bond donors (Lipinski definition) is 0. The molecule has 106 valence electrons. The number of ketones is 1. The van der Waals surface area contributed by atoms with Gasteiger partial charge in [0, 0.05) is 6.07 Å². The summed E-state index contributed by atoms with van der Waals surface area (Å²) < 4.78 is 11.1. The summed E-state index contributed by atoms with van der Waals surface area (Å²) in [6, 6.07) is 13.2. The number of benzene rings is 2. The lowest BCUT2D eigenvalue weighted by atomic mass is 10.1. The summed E-state index contributed by atoms with van der Waals surface area (Å²) >= 11 is 0. The van der Waals surface area contributed by atoms with Crippen molar-refractivity contribution in [2.75, 3.05) is 6.61 Å². The van der Waals surface area contributed by atoms with Crippen LogP contribution >= 0.6 is 0 Å². The maximum Gasteiger partial charge on any atom is 0.231 e. The Hall–Kier alpha value is -2.55. The molecule has 0 saturated carbocycles. The molecule has 0 spiro atoms. The number of fused-ring (bicyclic) bond motifs is 1. The van der Waals surface area contributed by atoms with Crippen LogP contribution in [-0.4, -0.2) is 12.4 Å². The van der Waals surface area contributed by atoms with Crippen LogP contribution in [0.3, 0.4) is 0 Å². The molecule has 0 aromatic heterocycles. The molecule has 1 aliphatic rings. The molecule has 2 aromatic carbocycles. The lowest BCUT2D eigenvalue weighted by molar-refractivity contribution is 0.101. The van der Waals surface area contributed by atoms with E-state index < -0.39 is 0 Å². The van der Waals surface area contributed by atoms with E-state index in [4.69, 9.17) is 9.47 Å². The van der Waals surface area contributed by atoms with Gasteiger partial charge in [-0.1, -0.05) is 24.3 Å². The van der Waals surface area contributed by atoms with E-state index in [0.29, 0.717) is 29.4 Å². The highest BCUT2D eigenvalue weighted by Gasteiger charge is 2.27. The van der Waals surface area contributed by atoms with Gasteiger partial charge in [-0.3, -0.25) is 4.79 Å². The number of allylic oxidation sites excluding steroid dienone is 1. The normalized spacial score (nSPS) is 15.0. The monoisotopic (exact) mass is 280 g/mol. The number of carbonyl (C=O) groups excluding carboxylic acids is 1. The Balaban J connectivity index is 1.95. The van der Waals surface area contributed by atoms with E-state index in [9.17, 15) is 4.79 Å². The first-order chi connectivity index (χ1) is 10.2. The minimum Gasteiger partial charge on any atom is -0.494 e. The molecule has 0 bridgehead atoms. The number of Topliss-reactive ketones (excluding diaryl/α,β-unsaturated/α-hetero) is 1. The number of ether oxygens (including phenoxy) is 2. The summed E-state index contributed by atoms with van der Waals surface area (Å²) in [4.78, 5) is 12.3. The van der Waals surface area contributed by atoms with Crippen LogP contribution in [0.4, 0.5) is 0 Å². The molecule has 21 heavy (non-hydrogen) atoms.